The predicted octanol–water partition coefficient (Wildman–Crippen LogP) is 5.40. The van der Waals surface area contributed by atoms with E-state index in [0.717, 1.165) is 49.0 Å². The second-order valence-corrected chi connectivity index (χ2v) is 7.11. The van der Waals surface area contributed by atoms with E-state index < -0.39 is 0 Å². The van der Waals surface area contributed by atoms with Crippen molar-refractivity contribution in [3.8, 4) is 11.1 Å². The summed E-state index contributed by atoms with van der Waals surface area (Å²) in [6.07, 6.45) is 4.36. The van der Waals surface area contributed by atoms with Crippen LogP contribution in [-0.4, -0.2) is 38.0 Å². The Labute approximate surface area is 165 Å². The molecule has 0 aliphatic heterocycles. The highest BCUT2D eigenvalue weighted by Gasteiger charge is 2.07. The molecule has 3 nitrogen and oxygen atoms in total. The van der Waals surface area contributed by atoms with E-state index in [9.17, 15) is 4.79 Å². The number of aryl methyl sites for hydroxylation is 1. The molecule has 2 aromatic rings. The molecule has 0 aromatic heterocycles. The van der Waals surface area contributed by atoms with Crippen LogP contribution in [0.25, 0.3) is 11.1 Å². The molecule has 148 valence electrons. The maximum absolute atomic E-state index is 12.3. The van der Waals surface area contributed by atoms with Crippen molar-refractivity contribution >= 4 is 5.91 Å². The van der Waals surface area contributed by atoms with E-state index in [4.69, 9.17) is 0 Å². The molecule has 0 radical (unpaired) electrons. The standard InChI is InChI=1S/C21H28N2O.C3H8/c1-4-17-9-7-10-18(15-17)19-11-8-12-20(16-19)21(24)22-13-5-6-14-23(2)3;1-3-2/h7-12,15-16H,4-6,13-14H2,1-3H3,(H,22,24);3H2,1-2H3. The van der Waals surface area contributed by atoms with Gasteiger partial charge in [-0.25, -0.2) is 0 Å². The molecule has 0 saturated heterocycles. The Kier molecular flexibility index (Phi) is 11.1. The summed E-state index contributed by atoms with van der Waals surface area (Å²) in [5, 5.41) is 3.02. The van der Waals surface area contributed by atoms with Crippen LogP contribution in [0.2, 0.25) is 0 Å². The van der Waals surface area contributed by atoms with E-state index in [2.05, 4.69) is 75.4 Å². The minimum Gasteiger partial charge on any atom is -0.352 e. The number of nitrogens with zero attached hydrogens (tertiary/aromatic N) is 1. The third-order valence-electron chi connectivity index (χ3n) is 4.11. The van der Waals surface area contributed by atoms with Crippen LogP contribution in [0.1, 0.15) is 56.0 Å². The summed E-state index contributed by atoms with van der Waals surface area (Å²) in [6, 6.07) is 16.4. The maximum Gasteiger partial charge on any atom is 0.251 e. The first-order valence-electron chi connectivity index (χ1n) is 10.1. The lowest BCUT2D eigenvalue weighted by Crippen LogP contribution is -2.25. The van der Waals surface area contributed by atoms with Crippen molar-refractivity contribution in [3.63, 3.8) is 0 Å². The fraction of sp³-hybridized carbons (Fsp3) is 0.458. The lowest BCUT2D eigenvalue weighted by atomic mass is 10.00. The van der Waals surface area contributed by atoms with Crippen LogP contribution >= 0.6 is 0 Å². The zero-order valence-corrected chi connectivity index (χ0v) is 17.7. The maximum atomic E-state index is 12.3. The van der Waals surface area contributed by atoms with E-state index in [-0.39, 0.29) is 5.91 Å². The first kappa shape index (κ1) is 22.9. The number of benzene rings is 2. The van der Waals surface area contributed by atoms with Crippen molar-refractivity contribution < 1.29 is 4.79 Å². The normalized spacial score (nSPS) is 10.3. The van der Waals surface area contributed by atoms with Crippen LogP contribution in [0.3, 0.4) is 0 Å². The molecule has 0 aliphatic rings. The van der Waals surface area contributed by atoms with Crippen LogP contribution in [0, 0.1) is 0 Å². The van der Waals surface area contributed by atoms with Crippen molar-refractivity contribution in [2.24, 2.45) is 0 Å². The van der Waals surface area contributed by atoms with Gasteiger partial charge >= 0.3 is 0 Å². The van der Waals surface area contributed by atoms with Gasteiger partial charge in [0, 0.05) is 12.1 Å². The summed E-state index contributed by atoms with van der Waals surface area (Å²) < 4.78 is 0. The topological polar surface area (TPSA) is 32.3 Å². The summed E-state index contributed by atoms with van der Waals surface area (Å²) in [5.74, 6) is 0.00773. The van der Waals surface area contributed by atoms with Crippen LogP contribution in [-0.2, 0) is 6.42 Å². The monoisotopic (exact) mass is 368 g/mol. The van der Waals surface area contributed by atoms with Gasteiger partial charge in [0.05, 0.1) is 0 Å². The molecule has 0 spiro atoms. The Bertz CT molecular complexity index is 680. The zero-order valence-electron chi connectivity index (χ0n) is 17.7. The number of hydrogen-bond donors (Lipinski definition) is 1. The molecule has 27 heavy (non-hydrogen) atoms. The number of nitrogens with one attached hydrogen (secondary N) is 1. The molecule has 1 amide bonds. The number of carbonyl (C=O) groups excluding carboxylic acids is 1. The molecule has 2 rings (SSSR count). The highest BCUT2D eigenvalue weighted by atomic mass is 16.1. The van der Waals surface area contributed by atoms with Gasteiger partial charge in [0.2, 0.25) is 0 Å². The van der Waals surface area contributed by atoms with E-state index >= 15 is 0 Å². The first-order chi connectivity index (χ1) is 13.0. The van der Waals surface area contributed by atoms with Gasteiger partial charge in [0.15, 0.2) is 0 Å². The molecule has 1 N–H and O–H groups in total. The Hall–Kier alpha value is -2.13. The summed E-state index contributed by atoms with van der Waals surface area (Å²) in [5.41, 5.74) is 4.28. The van der Waals surface area contributed by atoms with Gasteiger partial charge < -0.3 is 10.2 Å². The fourth-order valence-corrected chi connectivity index (χ4v) is 2.67. The molecule has 0 saturated carbocycles. The van der Waals surface area contributed by atoms with Gasteiger partial charge in [-0.15, -0.1) is 0 Å². The van der Waals surface area contributed by atoms with Gasteiger partial charge in [0.1, 0.15) is 0 Å². The average Bonchev–Trinajstić information content (AvgIpc) is 2.68. The third-order valence-corrected chi connectivity index (χ3v) is 4.11. The zero-order chi connectivity index (χ0) is 20.1. The molecule has 2 aromatic carbocycles. The largest absolute Gasteiger partial charge is 0.352 e. The molecule has 3 heteroatoms. The molecule has 0 atom stereocenters. The van der Waals surface area contributed by atoms with Crippen LogP contribution in [0.5, 0.6) is 0 Å². The van der Waals surface area contributed by atoms with E-state index in [1.54, 1.807) is 0 Å². The first-order valence-corrected chi connectivity index (χ1v) is 10.1. The number of unbranched alkanes of at least 4 members (excludes halogenated alkanes) is 1. The SMILES string of the molecule is CCC.CCc1cccc(-c2cccc(C(=O)NCCCCN(C)C)c2)c1. The van der Waals surface area contributed by atoms with Crippen molar-refractivity contribution in [3.05, 3.63) is 59.7 Å². The molecule has 0 aliphatic carbocycles. The van der Waals surface area contributed by atoms with Crippen LogP contribution in [0.15, 0.2) is 48.5 Å². The number of rotatable bonds is 8. The summed E-state index contributed by atoms with van der Waals surface area (Å²) in [4.78, 5) is 14.5. The Balaban J connectivity index is 0.00000114. The smallest absolute Gasteiger partial charge is 0.251 e. The quantitative estimate of drug-likeness (QED) is 0.632. The molecular formula is C24H36N2O. The molecule has 0 fully saturated rings. The third kappa shape index (κ3) is 8.87. The number of carbonyl (C=O) groups is 1. The van der Waals surface area contributed by atoms with Gasteiger partial charge in [-0.2, -0.15) is 0 Å². The Morgan fingerprint density at radius 1 is 0.926 bits per heavy atom. The molecule has 0 bridgehead atoms. The average molecular weight is 369 g/mol. The second-order valence-electron chi connectivity index (χ2n) is 7.11. The van der Waals surface area contributed by atoms with Crippen molar-refractivity contribution in [1.82, 2.24) is 10.2 Å². The predicted molar refractivity (Wildman–Crippen MR) is 117 cm³/mol. The van der Waals surface area contributed by atoms with Gasteiger partial charge in [-0.3, -0.25) is 4.79 Å². The van der Waals surface area contributed by atoms with Gasteiger partial charge in [-0.05, 0) is 68.7 Å². The lowest BCUT2D eigenvalue weighted by Gasteiger charge is -2.10. The second kappa shape index (κ2) is 13.1. The summed E-state index contributed by atoms with van der Waals surface area (Å²) in [6.45, 7) is 8.18. The Morgan fingerprint density at radius 3 is 2.19 bits per heavy atom. The number of amides is 1. The van der Waals surface area contributed by atoms with Gasteiger partial charge in [0.25, 0.3) is 5.91 Å². The minimum absolute atomic E-state index is 0.00773. The van der Waals surface area contributed by atoms with E-state index in [0.29, 0.717) is 0 Å². The molecular weight excluding hydrogens is 332 g/mol. The van der Waals surface area contributed by atoms with Crippen molar-refractivity contribution in [2.45, 2.75) is 46.5 Å². The lowest BCUT2D eigenvalue weighted by molar-refractivity contribution is 0.0953. The highest BCUT2D eigenvalue weighted by Crippen LogP contribution is 2.22. The summed E-state index contributed by atoms with van der Waals surface area (Å²) in [7, 11) is 4.13. The van der Waals surface area contributed by atoms with Crippen molar-refractivity contribution in [2.75, 3.05) is 27.2 Å². The highest BCUT2D eigenvalue weighted by molar-refractivity contribution is 5.95. The Morgan fingerprint density at radius 2 is 1.56 bits per heavy atom. The van der Waals surface area contributed by atoms with Gasteiger partial charge in [-0.1, -0.05) is 63.6 Å². The molecule has 0 unspecified atom stereocenters. The number of hydrogen-bond acceptors (Lipinski definition) is 2. The van der Waals surface area contributed by atoms with Crippen LogP contribution in [0.4, 0.5) is 0 Å². The summed E-state index contributed by atoms with van der Waals surface area (Å²) >= 11 is 0. The van der Waals surface area contributed by atoms with Crippen molar-refractivity contribution in [1.29, 1.82) is 0 Å². The van der Waals surface area contributed by atoms with E-state index in [1.807, 2.05) is 18.2 Å². The van der Waals surface area contributed by atoms with Crippen LogP contribution < -0.4 is 5.32 Å². The minimum atomic E-state index is 0.00773. The molecule has 0 heterocycles. The van der Waals surface area contributed by atoms with E-state index in [1.165, 1.54) is 12.0 Å². The fourth-order valence-electron chi connectivity index (χ4n) is 2.67.